The average Bonchev–Trinajstić information content (AvgIpc) is 2.77. The quantitative estimate of drug-likeness (QED) is 0.796. The lowest BCUT2D eigenvalue weighted by Gasteiger charge is -2.04. The fourth-order valence-corrected chi connectivity index (χ4v) is 1.97. The summed E-state index contributed by atoms with van der Waals surface area (Å²) in [5, 5.41) is 9.07. The SMILES string of the molecule is COCCCCn1cnc2c(C(=O)O)cccc21. The van der Waals surface area contributed by atoms with Crippen molar-refractivity contribution in [3.63, 3.8) is 0 Å². The number of aromatic nitrogens is 2. The van der Waals surface area contributed by atoms with E-state index in [0.717, 1.165) is 31.5 Å². The predicted octanol–water partition coefficient (Wildman–Crippen LogP) is 2.16. The minimum Gasteiger partial charge on any atom is -0.478 e. The molecule has 2 rings (SSSR count). The molecule has 96 valence electrons. The Morgan fingerprint density at radius 2 is 2.28 bits per heavy atom. The number of para-hydroxylation sites is 1. The molecular formula is C13H16N2O3. The van der Waals surface area contributed by atoms with Gasteiger partial charge >= 0.3 is 5.97 Å². The summed E-state index contributed by atoms with van der Waals surface area (Å²) in [7, 11) is 1.69. The molecule has 0 spiro atoms. The van der Waals surface area contributed by atoms with Crippen LogP contribution in [-0.2, 0) is 11.3 Å². The predicted molar refractivity (Wildman–Crippen MR) is 67.8 cm³/mol. The van der Waals surface area contributed by atoms with Crippen molar-refractivity contribution in [2.45, 2.75) is 19.4 Å². The van der Waals surface area contributed by atoms with Gasteiger partial charge in [0.25, 0.3) is 0 Å². The second-order valence-corrected chi connectivity index (χ2v) is 4.12. The molecule has 0 fully saturated rings. The van der Waals surface area contributed by atoms with E-state index in [0.29, 0.717) is 5.52 Å². The van der Waals surface area contributed by atoms with Gasteiger partial charge in [-0.05, 0) is 25.0 Å². The van der Waals surface area contributed by atoms with Crippen LogP contribution in [0.4, 0.5) is 0 Å². The molecule has 0 atom stereocenters. The number of imidazole rings is 1. The number of methoxy groups -OCH3 is 1. The first kappa shape index (κ1) is 12.6. The number of unbranched alkanes of at least 4 members (excludes halogenated alkanes) is 1. The number of ether oxygens (including phenoxy) is 1. The molecule has 1 heterocycles. The molecule has 2 aromatic rings. The normalized spacial score (nSPS) is 10.9. The number of aromatic carboxylic acids is 1. The summed E-state index contributed by atoms with van der Waals surface area (Å²) in [4.78, 5) is 15.2. The van der Waals surface area contributed by atoms with E-state index in [1.54, 1.807) is 25.6 Å². The van der Waals surface area contributed by atoms with Crippen LogP contribution in [0.2, 0.25) is 0 Å². The molecule has 0 bridgehead atoms. The summed E-state index contributed by atoms with van der Waals surface area (Å²) in [5.74, 6) is -0.940. The Hall–Kier alpha value is -1.88. The molecule has 0 saturated carbocycles. The second-order valence-electron chi connectivity index (χ2n) is 4.12. The van der Waals surface area contributed by atoms with Gasteiger partial charge in [0.1, 0.15) is 5.52 Å². The van der Waals surface area contributed by atoms with Crippen LogP contribution in [-0.4, -0.2) is 34.3 Å². The number of fused-ring (bicyclic) bond motifs is 1. The van der Waals surface area contributed by atoms with Crippen LogP contribution in [0.25, 0.3) is 11.0 Å². The van der Waals surface area contributed by atoms with Crippen LogP contribution in [0.3, 0.4) is 0 Å². The van der Waals surface area contributed by atoms with E-state index in [1.165, 1.54) is 0 Å². The Labute approximate surface area is 105 Å². The summed E-state index contributed by atoms with van der Waals surface area (Å²) in [6.45, 7) is 1.57. The highest BCUT2D eigenvalue weighted by Gasteiger charge is 2.11. The van der Waals surface area contributed by atoms with Gasteiger partial charge in [0.05, 0.1) is 17.4 Å². The molecule has 1 aromatic heterocycles. The van der Waals surface area contributed by atoms with Crippen molar-refractivity contribution < 1.29 is 14.6 Å². The smallest absolute Gasteiger partial charge is 0.337 e. The molecule has 5 heteroatoms. The van der Waals surface area contributed by atoms with E-state index in [4.69, 9.17) is 9.84 Å². The lowest BCUT2D eigenvalue weighted by atomic mass is 10.2. The monoisotopic (exact) mass is 248 g/mol. The van der Waals surface area contributed by atoms with E-state index >= 15 is 0 Å². The highest BCUT2D eigenvalue weighted by molar-refractivity contribution is 6.00. The van der Waals surface area contributed by atoms with Gasteiger partial charge in [-0.25, -0.2) is 9.78 Å². The van der Waals surface area contributed by atoms with Crippen molar-refractivity contribution in [3.05, 3.63) is 30.1 Å². The Morgan fingerprint density at radius 1 is 1.44 bits per heavy atom. The lowest BCUT2D eigenvalue weighted by Crippen LogP contribution is -2.00. The molecule has 0 saturated heterocycles. The van der Waals surface area contributed by atoms with E-state index in [1.807, 2.05) is 10.6 Å². The number of hydrogen-bond donors (Lipinski definition) is 1. The summed E-state index contributed by atoms with van der Waals surface area (Å²) in [6.07, 6.45) is 3.66. The van der Waals surface area contributed by atoms with Crippen LogP contribution >= 0.6 is 0 Å². The molecule has 0 aliphatic carbocycles. The van der Waals surface area contributed by atoms with Crippen molar-refractivity contribution >= 4 is 17.0 Å². The van der Waals surface area contributed by atoms with Crippen molar-refractivity contribution in [3.8, 4) is 0 Å². The van der Waals surface area contributed by atoms with Crippen LogP contribution in [0, 0.1) is 0 Å². The maximum absolute atomic E-state index is 11.1. The van der Waals surface area contributed by atoms with Crippen molar-refractivity contribution in [1.82, 2.24) is 9.55 Å². The molecule has 18 heavy (non-hydrogen) atoms. The Kier molecular flexibility index (Phi) is 3.94. The number of rotatable bonds is 6. The Balaban J connectivity index is 2.20. The largest absolute Gasteiger partial charge is 0.478 e. The molecule has 1 aromatic carbocycles. The number of hydrogen-bond acceptors (Lipinski definition) is 3. The van der Waals surface area contributed by atoms with Crippen LogP contribution in [0.1, 0.15) is 23.2 Å². The number of nitrogens with zero attached hydrogens (tertiary/aromatic N) is 2. The minimum absolute atomic E-state index is 0.253. The molecule has 0 amide bonds. The average molecular weight is 248 g/mol. The molecule has 5 nitrogen and oxygen atoms in total. The highest BCUT2D eigenvalue weighted by atomic mass is 16.5. The zero-order chi connectivity index (χ0) is 13.0. The van der Waals surface area contributed by atoms with Crippen LogP contribution in [0.15, 0.2) is 24.5 Å². The highest BCUT2D eigenvalue weighted by Crippen LogP contribution is 2.18. The Bertz CT molecular complexity index is 548. The maximum Gasteiger partial charge on any atom is 0.337 e. The van der Waals surface area contributed by atoms with Gasteiger partial charge in [-0.3, -0.25) is 0 Å². The van der Waals surface area contributed by atoms with E-state index in [-0.39, 0.29) is 5.56 Å². The first-order valence-corrected chi connectivity index (χ1v) is 5.90. The van der Waals surface area contributed by atoms with E-state index in [9.17, 15) is 4.79 Å². The fourth-order valence-electron chi connectivity index (χ4n) is 1.97. The topological polar surface area (TPSA) is 64.4 Å². The van der Waals surface area contributed by atoms with Crippen LogP contribution in [0.5, 0.6) is 0 Å². The summed E-state index contributed by atoms with van der Waals surface area (Å²) in [5.41, 5.74) is 1.67. The van der Waals surface area contributed by atoms with Gasteiger partial charge < -0.3 is 14.4 Å². The summed E-state index contributed by atoms with van der Waals surface area (Å²) >= 11 is 0. The fraction of sp³-hybridized carbons (Fsp3) is 0.385. The van der Waals surface area contributed by atoms with Gasteiger partial charge in [-0.1, -0.05) is 6.07 Å². The van der Waals surface area contributed by atoms with Crippen molar-refractivity contribution in [2.24, 2.45) is 0 Å². The third-order valence-corrected chi connectivity index (χ3v) is 2.88. The number of carboxylic acids is 1. The van der Waals surface area contributed by atoms with Gasteiger partial charge in [-0.2, -0.15) is 0 Å². The number of aryl methyl sites for hydroxylation is 1. The standard InChI is InChI=1S/C13H16N2O3/c1-18-8-3-2-7-15-9-14-12-10(13(16)17)5-4-6-11(12)15/h4-6,9H,2-3,7-8H2,1H3,(H,16,17). The third-order valence-electron chi connectivity index (χ3n) is 2.88. The maximum atomic E-state index is 11.1. The third kappa shape index (κ3) is 2.51. The second kappa shape index (κ2) is 5.64. The van der Waals surface area contributed by atoms with Crippen molar-refractivity contribution in [1.29, 1.82) is 0 Å². The van der Waals surface area contributed by atoms with Gasteiger partial charge in [-0.15, -0.1) is 0 Å². The molecule has 0 radical (unpaired) electrons. The zero-order valence-electron chi connectivity index (χ0n) is 10.3. The number of benzene rings is 1. The molecule has 1 N–H and O–H groups in total. The molecule has 0 aliphatic rings. The summed E-state index contributed by atoms with van der Waals surface area (Å²) < 4.78 is 6.98. The zero-order valence-corrected chi connectivity index (χ0v) is 10.3. The van der Waals surface area contributed by atoms with E-state index < -0.39 is 5.97 Å². The first-order valence-electron chi connectivity index (χ1n) is 5.90. The Morgan fingerprint density at radius 3 is 3.00 bits per heavy atom. The van der Waals surface area contributed by atoms with Gasteiger partial charge in [0.15, 0.2) is 0 Å². The first-order chi connectivity index (χ1) is 8.74. The van der Waals surface area contributed by atoms with Crippen molar-refractivity contribution in [2.75, 3.05) is 13.7 Å². The lowest BCUT2D eigenvalue weighted by molar-refractivity contribution is 0.0699. The van der Waals surface area contributed by atoms with E-state index in [2.05, 4.69) is 4.98 Å². The molecule has 0 aliphatic heterocycles. The van der Waals surface area contributed by atoms with Crippen LogP contribution < -0.4 is 0 Å². The number of carboxylic acid groups (broad SMARTS) is 1. The van der Waals surface area contributed by atoms with Gasteiger partial charge in [0, 0.05) is 20.3 Å². The van der Waals surface area contributed by atoms with Gasteiger partial charge in [0.2, 0.25) is 0 Å². The number of carbonyl (C=O) groups is 1. The molecular weight excluding hydrogens is 232 g/mol. The minimum atomic E-state index is -0.940. The summed E-state index contributed by atoms with van der Waals surface area (Å²) in [6, 6.07) is 5.22. The molecule has 0 unspecified atom stereocenters.